The van der Waals surface area contributed by atoms with Crippen molar-refractivity contribution in [3.8, 4) is 0 Å². The highest BCUT2D eigenvalue weighted by Crippen LogP contribution is 2.26. The van der Waals surface area contributed by atoms with Gasteiger partial charge in [-0.25, -0.2) is 4.79 Å². The lowest BCUT2D eigenvalue weighted by atomic mass is 10.1. The van der Waals surface area contributed by atoms with Crippen molar-refractivity contribution in [2.24, 2.45) is 7.05 Å². The third-order valence-corrected chi connectivity index (χ3v) is 4.64. The fourth-order valence-electron chi connectivity index (χ4n) is 3.41. The van der Waals surface area contributed by atoms with Crippen LogP contribution < -0.4 is 4.90 Å². The molecule has 1 aliphatic heterocycles. The number of anilines is 1. The molecule has 1 aromatic heterocycles. The molecule has 0 saturated carbocycles. The molecule has 3 rings (SSSR count). The largest absolute Gasteiger partial charge is 0.444 e. The number of fused-ring (bicyclic) bond motifs is 1. The highest BCUT2D eigenvalue weighted by atomic mass is 16.6. The zero-order valence-electron chi connectivity index (χ0n) is 16.0. The molecule has 1 saturated heterocycles. The van der Waals surface area contributed by atoms with Gasteiger partial charge in [-0.1, -0.05) is 0 Å². The van der Waals surface area contributed by atoms with Gasteiger partial charge in [0.05, 0.1) is 11.2 Å². The Balaban J connectivity index is 1.75. The van der Waals surface area contributed by atoms with Gasteiger partial charge >= 0.3 is 6.09 Å². The summed E-state index contributed by atoms with van der Waals surface area (Å²) in [6, 6.07) is 6.57. The summed E-state index contributed by atoms with van der Waals surface area (Å²) >= 11 is 0. The van der Waals surface area contributed by atoms with E-state index in [1.165, 1.54) is 11.1 Å². The zero-order valence-corrected chi connectivity index (χ0v) is 16.0. The molecule has 6 heteroatoms. The van der Waals surface area contributed by atoms with Crippen molar-refractivity contribution in [2.45, 2.75) is 46.3 Å². The number of benzene rings is 1. The van der Waals surface area contributed by atoms with Crippen LogP contribution in [0.5, 0.6) is 0 Å². The predicted molar refractivity (Wildman–Crippen MR) is 100 cm³/mol. The normalized spacial score (nSPS) is 18.7. The molecule has 1 fully saturated rings. The van der Waals surface area contributed by atoms with E-state index in [4.69, 9.17) is 4.74 Å². The Hall–Kier alpha value is -2.24. The molecule has 0 radical (unpaired) electrons. The van der Waals surface area contributed by atoms with Crippen molar-refractivity contribution in [3.05, 3.63) is 23.9 Å². The Morgan fingerprint density at radius 3 is 2.64 bits per heavy atom. The lowest BCUT2D eigenvalue weighted by Crippen LogP contribution is -2.55. The van der Waals surface area contributed by atoms with Gasteiger partial charge in [0.25, 0.3) is 0 Å². The number of hydrogen-bond donors (Lipinski definition) is 0. The van der Waals surface area contributed by atoms with Crippen molar-refractivity contribution in [1.29, 1.82) is 0 Å². The molecule has 0 N–H and O–H groups in total. The lowest BCUT2D eigenvalue weighted by molar-refractivity contribution is 0.0159. The van der Waals surface area contributed by atoms with Crippen LogP contribution in [0.1, 0.15) is 33.4 Å². The summed E-state index contributed by atoms with van der Waals surface area (Å²) in [5.74, 6) is 0. The fraction of sp³-hybridized carbons (Fsp3) is 0.579. The van der Waals surface area contributed by atoms with Gasteiger partial charge < -0.3 is 14.5 Å². The number of amides is 1. The van der Waals surface area contributed by atoms with E-state index in [9.17, 15) is 4.79 Å². The number of nitrogens with zero attached hydrogens (tertiary/aromatic N) is 4. The molecule has 0 aliphatic carbocycles. The quantitative estimate of drug-likeness (QED) is 0.796. The molecule has 1 aliphatic rings. The standard InChI is InChI=1S/C19H28N4O2/c1-13-12-22(9-10-23(13)18(24)25-19(3,4)5)15-7-8-17-16(11-15)14(2)20-21(17)6/h7-8,11,13H,9-10,12H2,1-6H3/t13-/m1/s1. The number of carbonyl (C=O) groups excluding carboxylic acids is 1. The van der Waals surface area contributed by atoms with Crippen molar-refractivity contribution >= 4 is 22.7 Å². The van der Waals surface area contributed by atoms with Crippen molar-refractivity contribution in [2.75, 3.05) is 24.5 Å². The number of aromatic nitrogens is 2. The minimum Gasteiger partial charge on any atom is -0.444 e. The third kappa shape index (κ3) is 3.57. The Kier molecular flexibility index (Phi) is 4.39. The van der Waals surface area contributed by atoms with Crippen LogP contribution in [0.2, 0.25) is 0 Å². The second-order valence-electron chi connectivity index (χ2n) is 7.88. The Morgan fingerprint density at radius 1 is 1.28 bits per heavy atom. The van der Waals surface area contributed by atoms with Gasteiger partial charge in [0.1, 0.15) is 5.60 Å². The summed E-state index contributed by atoms with van der Waals surface area (Å²) in [4.78, 5) is 16.5. The second kappa shape index (κ2) is 6.24. The summed E-state index contributed by atoms with van der Waals surface area (Å²) in [7, 11) is 1.97. The van der Waals surface area contributed by atoms with Crippen LogP contribution in [0.25, 0.3) is 10.9 Å². The number of aryl methyl sites for hydroxylation is 2. The summed E-state index contributed by atoms with van der Waals surface area (Å²) in [5.41, 5.74) is 2.90. The first-order valence-electron chi connectivity index (χ1n) is 8.83. The van der Waals surface area contributed by atoms with Crippen LogP contribution in [0, 0.1) is 6.92 Å². The highest BCUT2D eigenvalue weighted by Gasteiger charge is 2.31. The fourth-order valence-corrected chi connectivity index (χ4v) is 3.41. The van der Waals surface area contributed by atoms with Crippen molar-refractivity contribution in [1.82, 2.24) is 14.7 Å². The van der Waals surface area contributed by atoms with Gasteiger partial charge in [-0.15, -0.1) is 0 Å². The van der Waals surface area contributed by atoms with Crippen LogP contribution in [-0.4, -0.2) is 52.1 Å². The second-order valence-corrected chi connectivity index (χ2v) is 7.88. The van der Waals surface area contributed by atoms with E-state index in [2.05, 4.69) is 35.1 Å². The van der Waals surface area contributed by atoms with E-state index in [1.54, 1.807) is 0 Å². The van der Waals surface area contributed by atoms with E-state index >= 15 is 0 Å². The molecule has 1 aromatic carbocycles. The van der Waals surface area contributed by atoms with Gasteiger partial charge in [0, 0.05) is 43.8 Å². The molecule has 136 valence electrons. The first-order valence-corrected chi connectivity index (χ1v) is 8.83. The van der Waals surface area contributed by atoms with E-state index in [1.807, 2.05) is 44.3 Å². The van der Waals surface area contributed by atoms with Crippen LogP contribution in [0.4, 0.5) is 10.5 Å². The van der Waals surface area contributed by atoms with Gasteiger partial charge in [0.2, 0.25) is 0 Å². The van der Waals surface area contributed by atoms with Gasteiger partial charge in [-0.05, 0) is 52.8 Å². The number of rotatable bonds is 1. The minimum absolute atomic E-state index is 0.106. The summed E-state index contributed by atoms with van der Waals surface area (Å²) < 4.78 is 7.44. The first kappa shape index (κ1) is 17.6. The SMILES string of the molecule is Cc1nn(C)c2ccc(N3CCN(C(=O)OC(C)(C)C)[C@H](C)C3)cc12. The third-order valence-electron chi connectivity index (χ3n) is 4.64. The zero-order chi connectivity index (χ0) is 18.4. The van der Waals surface area contributed by atoms with E-state index in [0.29, 0.717) is 6.54 Å². The maximum Gasteiger partial charge on any atom is 0.410 e. The van der Waals surface area contributed by atoms with Crippen molar-refractivity contribution < 1.29 is 9.53 Å². The Labute approximate surface area is 149 Å². The topological polar surface area (TPSA) is 50.6 Å². The molecule has 0 bridgehead atoms. The summed E-state index contributed by atoms with van der Waals surface area (Å²) in [6.07, 6.45) is -0.224. The average molecular weight is 344 g/mol. The van der Waals surface area contributed by atoms with E-state index in [0.717, 1.165) is 24.3 Å². The van der Waals surface area contributed by atoms with E-state index in [-0.39, 0.29) is 12.1 Å². The van der Waals surface area contributed by atoms with Crippen LogP contribution in [-0.2, 0) is 11.8 Å². The smallest absolute Gasteiger partial charge is 0.410 e. The van der Waals surface area contributed by atoms with Gasteiger partial charge in [-0.2, -0.15) is 5.10 Å². The Bertz CT molecular complexity index is 791. The van der Waals surface area contributed by atoms with Gasteiger partial charge in [0.15, 0.2) is 0 Å². The van der Waals surface area contributed by atoms with Crippen molar-refractivity contribution in [3.63, 3.8) is 0 Å². The number of piperazine rings is 1. The molecule has 2 heterocycles. The first-order chi connectivity index (χ1) is 11.7. The van der Waals surface area contributed by atoms with Crippen LogP contribution in [0.3, 0.4) is 0 Å². The predicted octanol–water partition coefficient (Wildman–Crippen LogP) is 3.33. The molecule has 2 aromatic rings. The molecule has 0 unspecified atom stereocenters. The molecule has 6 nitrogen and oxygen atoms in total. The van der Waals surface area contributed by atoms with Gasteiger partial charge in [-0.3, -0.25) is 4.68 Å². The summed E-state index contributed by atoms with van der Waals surface area (Å²) in [6.45, 7) is 12.1. The number of hydrogen-bond acceptors (Lipinski definition) is 4. The van der Waals surface area contributed by atoms with E-state index < -0.39 is 5.60 Å². The highest BCUT2D eigenvalue weighted by molar-refractivity contribution is 5.85. The molecular weight excluding hydrogens is 316 g/mol. The molecule has 25 heavy (non-hydrogen) atoms. The number of ether oxygens (including phenoxy) is 1. The van der Waals surface area contributed by atoms with Crippen LogP contribution >= 0.6 is 0 Å². The summed E-state index contributed by atoms with van der Waals surface area (Å²) in [5, 5.41) is 5.67. The van der Waals surface area contributed by atoms with Crippen LogP contribution in [0.15, 0.2) is 18.2 Å². The monoisotopic (exact) mass is 344 g/mol. The lowest BCUT2D eigenvalue weighted by Gasteiger charge is -2.41. The maximum atomic E-state index is 12.4. The molecule has 0 spiro atoms. The number of carbonyl (C=O) groups is 1. The average Bonchev–Trinajstić information content (AvgIpc) is 2.79. The molecular formula is C19H28N4O2. The maximum absolute atomic E-state index is 12.4. The minimum atomic E-state index is -0.461. The Morgan fingerprint density at radius 2 is 2.00 bits per heavy atom. The molecule has 1 atom stereocenters. The molecule has 1 amide bonds.